The Balaban J connectivity index is 1.68. The van der Waals surface area contributed by atoms with E-state index in [0.29, 0.717) is 17.2 Å². The fourth-order valence-corrected chi connectivity index (χ4v) is 6.04. The summed E-state index contributed by atoms with van der Waals surface area (Å²) in [6.07, 6.45) is 7.90. The van der Waals surface area contributed by atoms with E-state index in [0.717, 1.165) is 24.2 Å². The van der Waals surface area contributed by atoms with Crippen molar-refractivity contribution in [3.05, 3.63) is 29.3 Å². The Morgan fingerprint density at radius 3 is 2.86 bits per heavy atom. The summed E-state index contributed by atoms with van der Waals surface area (Å²) in [5.74, 6) is 2.92. The minimum atomic E-state index is 0.434. The van der Waals surface area contributed by atoms with Gasteiger partial charge in [-0.3, -0.25) is 0 Å². The Morgan fingerprint density at radius 1 is 1.19 bits per heavy atom. The van der Waals surface area contributed by atoms with Crippen molar-refractivity contribution in [3.8, 4) is 5.75 Å². The van der Waals surface area contributed by atoms with E-state index in [1.54, 1.807) is 5.56 Å². The minimum absolute atomic E-state index is 0.434. The van der Waals surface area contributed by atoms with Crippen molar-refractivity contribution in [2.24, 2.45) is 17.3 Å². The van der Waals surface area contributed by atoms with Crippen LogP contribution in [0.1, 0.15) is 56.1 Å². The maximum Gasteiger partial charge on any atom is 0.115 e. The van der Waals surface area contributed by atoms with Gasteiger partial charge in [0.25, 0.3) is 0 Å². The van der Waals surface area contributed by atoms with Crippen LogP contribution in [0.2, 0.25) is 0 Å². The van der Waals surface area contributed by atoms with Crippen LogP contribution in [0.15, 0.2) is 18.2 Å². The zero-order valence-electron chi connectivity index (χ0n) is 13.2. The third kappa shape index (κ3) is 1.88. The van der Waals surface area contributed by atoms with Crippen molar-refractivity contribution >= 4 is 0 Å². The zero-order valence-corrected chi connectivity index (χ0v) is 13.2. The van der Waals surface area contributed by atoms with Gasteiger partial charge in [0.1, 0.15) is 5.75 Å². The molecule has 2 nitrogen and oxygen atoms in total. The number of benzene rings is 1. The van der Waals surface area contributed by atoms with Gasteiger partial charge in [-0.15, -0.1) is 0 Å². The van der Waals surface area contributed by atoms with Gasteiger partial charge in [-0.2, -0.15) is 0 Å². The van der Waals surface area contributed by atoms with Crippen LogP contribution in [-0.2, 0) is 6.42 Å². The second kappa shape index (κ2) is 4.74. The summed E-state index contributed by atoms with van der Waals surface area (Å²) in [5, 5.41) is 13.3. The molecule has 0 radical (unpaired) electrons. The molecule has 0 amide bonds. The van der Waals surface area contributed by atoms with E-state index in [-0.39, 0.29) is 0 Å². The Morgan fingerprint density at radius 2 is 2.05 bits per heavy atom. The van der Waals surface area contributed by atoms with Crippen LogP contribution in [0, 0.1) is 17.3 Å². The Kier molecular flexibility index (Phi) is 3.08. The highest BCUT2D eigenvalue weighted by Gasteiger charge is 2.54. The predicted octanol–water partition coefficient (Wildman–Crippen LogP) is 3.84. The van der Waals surface area contributed by atoms with E-state index < -0.39 is 0 Å². The number of hydrogen-bond donors (Lipinski definition) is 2. The largest absolute Gasteiger partial charge is 0.508 e. The Bertz CT molecular complexity index is 554. The smallest absolute Gasteiger partial charge is 0.115 e. The molecular formula is C19H27NO. The minimum Gasteiger partial charge on any atom is -0.508 e. The standard InChI is InChI=1S/C19H27NO/c1-19-10-9-15-14-6-4-13(21)11-12(14)3-5-16(15)17(19)7-8-18(19)20-2/h4,6,11,15-18,20-21H,3,5,7-10H2,1-2H3/t15-,16-,17+,18+,19+/m1/s1. The van der Waals surface area contributed by atoms with Crippen molar-refractivity contribution in [1.29, 1.82) is 0 Å². The fraction of sp³-hybridized carbons (Fsp3) is 0.684. The maximum absolute atomic E-state index is 9.73. The Hall–Kier alpha value is -1.02. The van der Waals surface area contributed by atoms with Crippen LogP contribution < -0.4 is 5.32 Å². The van der Waals surface area contributed by atoms with E-state index in [1.807, 2.05) is 12.1 Å². The number of phenolic OH excluding ortho intramolecular Hbond substituents is 1. The molecule has 0 aliphatic heterocycles. The van der Waals surface area contributed by atoms with Crippen LogP contribution in [-0.4, -0.2) is 18.2 Å². The number of phenols is 1. The summed E-state index contributed by atoms with van der Waals surface area (Å²) < 4.78 is 0. The van der Waals surface area contributed by atoms with Crippen LogP contribution in [0.3, 0.4) is 0 Å². The third-order valence-electron chi connectivity index (χ3n) is 7.06. The van der Waals surface area contributed by atoms with E-state index in [9.17, 15) is 5.11 Å². The quantitative estimate of drug-likeness (QED) is 0.822. The van der Waals surface area contributed by atoms with Crippen LogP contribution in [0.4, 0.5) is 0 Å². The van der Waals surface area contributed by atoms with Crippen molar-refractivity contribution in [2.75, 3.05) is 7.05 Å². The van der Waals surface area contributed by atoms with Crippen molar-refractivity contribution in [1.82, 2.24) is 5.32 Å². The average Bonchev–Trinajstić information content (AvgIpc) is 2.83. The number of nitrogens with one attached hydrogen (secondary N) is 1. The summed E-state index contributed by atoms with van der Waals surface area (Å²) >= 11 is 0. The number of aryl methyl sites for hydroxylation is 1. The molecule has 1 aromatic carbocycles. The highest BCUT2D eigenvalue weighted by atomic mass is 16.3. The first-order valence-electron chi connectivity index (χ1n) is 8.62. The number of aromatic hydroxyl groups is 1. The lowest BCUT2D eigenvalue weighted by Crippen LogP contribution is -2.47. The molecule has 5 atom stereocenters. The fourth-order valence-electron chi connectivity index (χ4n) is 6.04. The van der Waals surface area contributed by atoms with Gasteiger partial charge in [0.15, 0.2) is 0 Å². The molecule has 1 aromatic rings. The summed E-state index contributed by atoms with van der Waals surface area (Å²) in [6.45, 7) is 2.54. The van der Waals surface area contributed by atoms with Crippen LogP contribution in [0.25, 0.3) is 0 Å². The molecule has 2 saturated carbocycles. The van der Waals surface area contributed by atoms with Crippen LogP contribution in [0.5, 0.6) is 5.75 Å². The molecule has 0 spiro atoms. The summed E-state index contributed by atoms with van der Waals surface area (Å²) in [7, 11) is 2.14. The number of rotatable bonds is 1. The molecule has 0 unspecified atom stereocenters. The molecule has 2 N–H and O–H groups in total. The van der Waals surface area contributed by atoms with Crippen molar-refractivity contribution < 1.29 is 5.11 Å². The molecule has 21 heavy (non-hydrogen) atoms. The second-order valence-electron chi connectivity index (χ2n) is 7.76. The van der Waals surface area contributed by atoms with Gasteiger partial charge in [0, 0.05) is 6.04 Å². The molecule has 0 saturated heterocycles. The first kappa shape index (κ1) is 13.6. The maximum atomic E-state index is 9.73. The monoisotopic (exact) mass is 285 g/mol. The van der Waals surface area contributed by atoms with Gasteiger partial charge in [0.2, 0.25) is 0 Å². The lowest BCUT2D eigenvalue weighted by molar-refractivity contribution is 0.0430. The molecule has 0 heterocycles. The normalized spacial score (nSPS) is 41.2. The van der Waals surface area contributed by atoms with Crippen molar-refractivity contribution in [3.63, 3.8) is 0 Å². The molecule has 0 bridgehead atoms. The number of fused-ring (bicyclic) bond motifs is 5. The molecule has 2 fully saturated rings. The lowest BCUT2D eigenvalue weighted by Gasteiger charge is -2.51. The average molecular weight is 285 g/mol. The predicted molar refractivity (Wildman–Crippen MR) is 85.6 cm³/mol. The van der Waals surface area contributed by atoms with Gasteiger partial charge in [-0.25, -0.2) is 0 Å². The number of hydrogen-bond acceptors (Lipinski definition) is 2. The highest BCUT2D eigenvalue weighted by molar-refractivity contribution is 5.40. The summed E-state index contributed by atoms with van der Waals surface area (Å²) in [4.78, 5) is 0. The molecule has 2 heteroatoms. The Labute approximate surface area is 128 Å². The summed E-state index contributed by atoms with van der Waals surface area (Å²) in [6, 6.07) is 6.81. The van der Waals surface area contributed by atoms with E-state index in [1.165, 1.54) is 37.7 Å². The van der Waals surface area contributed by atoms with Gasteiger partial charge < -0.3 is 10.4 Å². The first-order valence-corrected chi connectivity index (χ1v) is 8.62. The SMILES string of the molecule is CN[C@H]1CC[C@H]2[C@@H]3CCc4cc(O)ccc4[C@H]3CC[C@]12C. The van der Waals surface area contributed by atoms with Gasteiger partial charge >= 0.3 is 0 Å². The lowest BCUT2D eigenvalue weighted by atomic mass is 9.55. The van der Waals surface area contributed by atoms with Gasteiger partial charge in [-0.1, -0.05) is 13.0 Å². The topological polar surface area (TPSA) is 32.3 Å². The van der Waals surface area contributed by atoms with E-state index >= 15 is 0 Å². The van der Waals surface area contributed by atoms with Gasteiger partial charge in [0.05, 0.1) is 0 Å². The summed E-state index contributed by atoms with van der Waals surface area (Å²) in [5.41, 5.74) is 3.45. The molecule has 3 aliphatic carbocycles. The molecule has 0 aromatic heterocycles. The van der Waals surface area contributed by atoms with E-state index in [2.05, 4.69) is 25.4 Å². The third-order valence-corrected chi connectivity index (χ3v) is 7.06. The van der Waals surface area contributed by atoms with E-state index in [4.69, 9.17) is 0 Å². The molecular weight excluding hydrogens is 258 g/mol. The second-order valence-corrected chi connectivity index (χ2v) is 7.76. The highest BCUT2D eigenvalue weighted by Crippen LogP contribution is 2.60. The first-order chi connectivity index (χ1) is 10.1. The van der Waals surface area contributed by atoms with Gasteiger partial charge in [-0.05, 0) is 92.0 Å². The van der Waals surface area contributed by atoms with Crippen molar-refractivity contribution in [2.45, 2.75) is 57.4 Å². The molecule has 3 aliphatic rings. The molecule has 114 valence electrons. The zero-order chi connectivity index (χ0) is 14.6. The molecule has 4 rings (SSSR count). The van der Waals surface area contributed by atoms with Crippen LogP contribution >= 0.6 is 0 Å².